The number of aromatic nitrogens is 1. The molecule has 0 unspecified atom stereocenters. The van der Waals surface area contributed by atoms with Crippen molar-refractivity contribution in [1.82, 2.24) is 10.3 Å². The first-order valence-corrected chi connectivity index (χ1v) is 11.1. The number of nitrogens with zero attached hydrogens (tertiary/aromatic N) is 1. The lowest BCUT2D eigenvalue weighted by atomic mass is 10.0. The largest absolute Gasteiger partial charge is 0.493 e. The molecule has 0 spiro atoms. The smallest absolute Gasteiger partial charge is 0.252 e. The molecule has 1 heterocycles. The van der Waals surface area contributed by atoms with E-state index in [1.54, 1.807) is 32.4 Å². The summed E-state index contributed by atoms with van der Waals surface area (Å²) in [7, 11) is 3.20. The van der Waals surface area contributed by atoms with Crippen LogP contribution in [0.25, 0.3) is 22.2 Å². The van der Waals surface area contributed by atoms with Crippen LogP contribution in [0.1, 0.15) is 15.9 Å². The van der Waals surface area contributed by atoms with E-state index in [0.29, 0.717) is 45.8 Å². The number of methoxy groups -OCH3 is 2. The van der Waals surface area contributed by atoms with Crippen molar-refractivity contribution in [2.75, 3.05) is 20.8 Å². The Labute approximate surface area is 202 Å². The minimum Gasteiger partial charge on any atom is -0.493 e. The number of hydrogen-bond acceptors (Lipinski definition) is 4. The van der Waals surface area contributed by atoms with E-state index in [2.05, 4.69) is 5.32 Å². The van der Waals surface area contributed by atoms with Crippen LogP contribution in [-0.4, -0.2) is 31.7 Å². The molecule has 0 atom stereocenters. The maximum absolute atomic E-state index is 13.1. The van der Waals surface area contributed by atoms with Gasteiger partial charge >= 0.3 is 0 Å². The van der Waals surface area contributed by atoms with Gasteiger partial charge in [0.25, 0.3) is 5.91 Å². The number of halogens is 2. The van der Waals surface area contributed by atoms with Crippen molar-refractivity contribution in [3.63, 3.8) is 0 Å². The summed E-state index contributed by atoms with van der Waals surface area (Å²) in [6, 6.07) is 20.4. The second kappa shape index (κ2) is 10.1. The lowest BCUT2D eigenvalue weighted by Crippen LogP contribution is -2.26. The Balaban J connectivity index is 1.58. The number of nitrogens with one attached hydrogen (secondary N) is 1. The van der Waals surface area contributed by atoms with Gasteiger partial charge < -0.3 is 14.8 Å². The highest BCUT2D eigenvalue weighted by molar-refractivity contribution is 6.42. The van der Waals surface area contributed by atoms with Crippen LogP contribution in [0.2, 0.25) is 10.0 Å². The fourth-order valence-corrected chi connectivity index (χ4v) is 3.92. The Hall–Kier alpha value is -3.28. The lowest BCUT2D eigenvalue weighted by molar-refractivity contribution is 0.0955. The zero-order chi connectivity index (χ0) is 23.4. The minimum absolute atomic E-state index is 0.171. The third kappa shape index (κ3) is 5.05. The van der Waals surface area contributed by atoms with Crippen molar-refractivity contribution < 1.29 is 14.3 Å². The molecule has 1 aromatic heterocycles. The molecule has 0 bridgehead atoms. The van der Waals surface area contributed by atoms with Crippen molar-refractivity contribution in [2.24, 2.45) is 0 Å². The Morgan fingerprint density at radius 2 is 1.70 bits per heavy atom. The van der Waals surface area contributed by atoms with Gasteiger partial charge in [-0.3, -0.25) is 4.79 Å². The summed E-state index contributed by atoms with van der Waals surface area (Å²) in [6.07, 6.45) is 0.648. The molecular formula is C26H22Cl2N2O3. The number of para-hydroxylation sites is 1. The predicted molar refractivity (Wildman–Crippen MR) is 133 cm³/mol. The molecule has 0 radical (unpaired) electrons. The van der Waals surface area contributed by atoms with Gasteiger partial charge in [-0.05, 0) is 48.4 Å². The second-order valence-corrected chi connectivity index (χ2v) is 8.21. The summed E-state index contributed by atoms with van der Waals surface area (Å²) in [5, 5.41) is 4.70. The van der Waals surface area contributed by atoms with Crippen LogP contribution in [0, 0.1) is 0 Å². The number of pyridine rings is 1. The lowest BCUT2D eigenvalue weighted by Gasteiger charge is -2.12. The van der Waals surface area contributed by atoms with Crippen molar-refractivity contribution in [3.05, 3.63) is 87.9 Å². The topological polar surface area (TPSA) is 60.5 Å². The molecule has 4 rings (SSSR count). The summed E-state index contributed by atoms with van der Waals surface area (Å²) in [5.74, 6) is 1.16. The average molecular weight is 481 g/mol. The van der Waals surface area contributed by atoms with E-state index in [9.17, 15) is 4.79 Å². The van der Waals surface area contributed by atoms with Crippen molar-refractivity contribution in [3.8, 4) is 22.8 Å². The van der Waals surface area contributed by atoms with Crippen LogP contribution in [0.15, 0.2) is 66.7 Å². The molecule has 0 fully saturated rings. The molecule has 4 aromatic rings. The highest BCUT2D eigenvalue weighted by atomic mass is 35.5. The number of rotatable bonds is 7. The summed E-state index contributed by atoms with van der Waals surface area (Å²) in [6.45, 7) is 0.465. The van der Waals surface area contributed by atoms with Crippen LogP contribution in [-0.2, 0) is 6.42 Å². The quantitative estimate of drug-likeness (QED) is 0.342. The van der Waals surface area contributed by atoms with E-state index in [-0.39, 0.29) is 5.91 Å². The SMILES string of the molecule is COc1ccc(CCNC(=O)c2cc(-c3ccc(Cl)c(Cl)c3)nc3ccccc23)cc1OC. The zero-order valence-electron chi connectivity index (χ0n) is 18.2. The summed E-state index contributed by atoms with van der Waals surface area (Å²) >= 11 is 12.3. The zero-order valence-corrected chi connectivity index (χ0v) is 19.7. The first-order valence-electron chi connectivity index (χ1n) is 10.3. The van der Waals surface area contributed by atoms with E-state index < -0.39 is 0 Å². The third-order valence-corrected chi connectivity index (χ3v) is 6.06. The summed E-state index contributed by atoms with van der Waals surface area (Å²) in [4.78, 5) is 17.9. The second-order valence-electron chi connectivity index (χ2n) is 7.40. The van der Waals surface area contributed by atoms with E-state index in [1.165, 1.54) is 0 Å². The van der Waals surface area contributed by atoms with Gasteiger partial charge in [-0.1, -0.05) is 53.5 Å². The molecule has 0 saturated heterocycles. The number of benzene rings is 3. The Kier molecular flexibility index (Phi) is 7.02. The fourth-order valence-electron chi connectivity index (χ4n) is 3.62. The highest BCUT2D eigenvalue weighted by Crippen LogP contribution is 2.30. The molecule has 0 saturated carbocycles. The molecule has 7 heteroatoms. The van der Waals surface area contributed by atoms with Gasteiger partial charge in [0, 0.05) is 17.5 Å². The molecule has 1 N–H and O–H groups in total. The summed E-state index contributed by atoms with van der Waals surface area (Å²) in [5.41, 5.74) is 3.75. The molecule has 0 aliphatic rings. The molecule has 5 nitrogen and oxygen atoms in total. The van der Waals surface area contributed by atoms with E-state index in [0.717, 1.165) is 22.0 Å². The third-order valence-electron chi connectivity index (χ3n) is 5.32. The Bertz CT molecular complexity index is 1320. The van der Waals surface area contributed by atoms with Gasteiger partial charge in [-0.25, -0.2) is 4.98 Å². The van der Waals surface area contributed by atoms with E-state index >= 15 is 0 Å². The van der Waals surface area contributed by atoms with E-state index in [1.807, 2.05) is 48.5 Å². The number of fused-ring (bicyclic) bond motifs is 1. The first kappa shape index (κ1) is 22.9. The molecular weight excluding hydrogens is 459 g/mol. The Morgan fingerprint density at radius 1 is 0.909 bits per heavy atom. The normalized spacial score (nSPS) is 10.8. The number of ether oxygens (including phenoxy) is 2. The van der Waals surface area contributed by atoms with Crippen LogP contribution in [0.3, 0.4) is 0 Å². The number of carbonyl (C=O) groups is 1. The molecule has 1 amide bonds. The van der Waals surface area contributed by atoms with Gasteiger partial charge in [-0.2, -0.15) is 0 Å². The van der Waals surface area contributed by atoms with Crippen LogP contribution < -0.4 is 14.8 Å². The molecule has 168 valence electrons. The number of carbonyl (C=O) groups excluding carboxylic acids is 1. The molecule has 0 aliphatic heterocycles. The molecule has 33 heavy (non-hydrogen) atoms. The van der Waals surface area contributed by atoms with Crippen LogP contribution in [0.5, 0.6) is 11.5 Å². The van der Waals surface area contributed by atoms with Gasteiger partial charge in [0.05, 0.1) is 41.0 Å². The standard InChI is InChI=1S/C26H22Cl2N2O3/c1-32-24-10-7-16(13-25(24)33-2)11-12-29-26(31)19-15-23(17-8-9-20(27)21(28)14-17)30-22-6-4-3-5-18(19)22/h3-10,13-15H,11-12H2,1-2H3,(H,29,31). The maximum Gasteiger partial charge on any atom is 0.252 e. The number of hydrogen-bond donors (Lipinski definition) is 1. The average Bonchev–Trinajstić information content (AvgIpc) is 2.84. The van der Waals surface area contributed by atoms with Gasteiger partial charge in [0.2, 0.25) is 0 Å². The predicted octanol–water partition coefficient (Wildman–Crippen LogP) is 6.20. The van der Waals surface area contributed by atoms with Crippen molar-refractivity contribution in [2.45, 2.75) is 6.42 Å². The van der Waals surface area contributed by atoms with Crippen molar-refractivity contribution in [1.29, 1.82) is 0 Å². The van der Waals surface area contributed by atoms with Crippen molar-refractivity contribution >= 4 is 40.0 Å². The van der Waals surface area contributed by atoms with Crippen LogP contribution in [0.4, 0.5) is 0 Å². The summed E-state index contributed by atoms with van der Waals surface area (Å²) < 4.78 is 10.6. The number of amides is 1. The maximum atomic E-state index is 13.1. The Morgan fingerprint density at radius 3 is 2.45 bits per heavy atom. The monoisotopic (exact) mass is 480 g/mol. The van der Waals surface area contributed by atoms with Gasteiger partial charge in [0.1, 0.15) is 0 Å². The minimum atomic E-state index is -0.171. The van der Waals surface area contributed by atoms with Crippen LogP contribution >= 0.6 is 23.2 Å². The highest BCUT2D eigenvalue weighted by Gasteiger charge is 2.15. The molecule has 3 aromatic carbocycles. The van der Waals surface area contributed by atoms with Gasteiger partial charge in [-0.15, -0.1) is 0 Å². The molecule has 0 aliphatic carbocycles. The van der Waals surface area contributed by atoms with E-state index in [4.69, 9.17) is 37.7 Å². The fraction of sp³-hybridized carbons (Fsp3) is 0.154. The van der Waals surface area contributed by atoms with Gasteiger partial charge in [0.15, 0.2) is 11.5 Å². The first-order chi connectivity index (χ1) is 16.0.